The molecule has 0 radical (unpaired) electrons. The van der Waals surface area contributed by atoms with Crippen LogP contribution >= 0.6 is 0 Å². The van der Waals surface area contributed by atoms with E-state index in [1.165, 1.54) is 0 Å². The van der Waals surface area contributed by atoms with Gasteiger partial charge in [0.05, 0.1) is 0 Å². The van der Waals surface area contributed by atoms with Crippen LogP contribution in [0.25, 0.3) is 0 Å². The highest BCUT2D eigenvalue weighted by atomic mass is 32.2. The summed E-state index contributed by atoms with van der Waals surface area (Å²) in [7, 11) is -5.78. The van der Waals surface area contributed by atoms with Crippen LogP contribution in [0.1, 0.15) is 26.7 Å². The fraction of sp³-hybridized carbons (Fsp3) is 0.857. The van der Waals surface area contributed by atoms with Gasteiger partial charge in [0.25, 0.3) is 10.2 Å². The van der Waals surface area contributed by atoms with E-state index in [1.54, 1.807) is 13.8 Å². The van der Waals surface area contributed by atoms with Gasteiger partial charge in [0.15, 0.2) is 0 Å². The highest BCUT2D eigenvalue weighted by Gasteiger charge is 2.53. The summed E-state index contributed by atoms with van der Waals surface area (Å²) in [6.45, 7) is 1.96. The smallest absolute Gasteiger partial charge is 0.451 e. The molecule has 0 aliphatic carbocycles. The van der Waals surface area contributed by atoms with Crippen LogP contribution in [0.2, 0.25) is 6.32 Å². The summed E-state index contributed by atoms with van der Waals surface area (Å²) < 4.78 is 27.9. The van der Waals surface area contributed by atoms with E-state index in [0.29, 0.717) is 0 Å². The van der Waals surface area contributed by atoms with E-state index < -0.39 is 65.9 Å². The molecule has 1 aliphatic heterocycles. The highest BCUT2D eigenvalue weighted by Crippen LogP contribution is 2.33. The number of nitrogens with two attached hydrogens (primary N) is 2. The first kappa shape index (κ1) is 24.8. The summed E-state index contributed by atoms with van der Waals surface area (Å²) in [5.74, 6) is -3.47. The lowest BCUT2D eigenvalue weighted by Gasteiger charge is -2.31. The summed E-state index contributed by atoms with van der Waals surface area (Å²) >= 11 is 0. The molecule has 1 rings (SSSR count). The first-order valence-corrected chi connectivity index (χ1v) is 10.3. The van der Waals surface area contributed by atoms with Crippen LogP contribution in [-0.2, 0) is 19.8 Å². The summed E-state index contributed by atoms with van der Waals surface area (Å²) in [4.78, 5) is 22.7. The van der Waals surface area contributed by atoms with Crippen LogP contribution in [0.15, 0.2) is 0 Å². The van der Waals surface area contributed by atoms with Crippen molar-refractivity contribution < 1.29 is 38.3 Å². The van der Waals surface area contributed by atoms with Crippen LogP contribution < -0.4 is 11.5 Å². The van der Waals surface area contributed by atoms with Crippen molar-refractivity contribution in [3.63, 3.8) is 0 Å². The lowest BCUT2D eigenvalue weighted by molar-refractivity contribution is -0.144. The van der Waals surface area contributed by atoms with Gasteiger partial charge in [0.2, 0.25) is 0 Å². The average Bonchev–Trinajstić information content (AvgIpc) is 2.90. The Morgan fingerprint density at radius 3 is 2.32 bits per heavy atom. The van der Waals surface area contributed by atoms with Gasteiger partial charge in [0, 0.05) is 31.6 Å². The van der Waals surface area contributed by atoms with Crippen LogP contribution in [-0.4, -0.2) is 93.6 Å². The quantitative estimate of drug-likeness (QED) is 0.189. The minimum Gasteiger partial charge on any atom is -0.480 e. The summed E-state index contributed by atoms with van der Waals surface area (Å²) in [6, 6.07) is -2.06. The van der Waals surface area contributed by atoms with E-state index in [0.717, 1.165) is 8.61 Å². The standard InChI is InChI=1S/C14H29BN4O8S/c1-9(2)19(7-11(16)12(20)21)28(26,27)18-6-10(4-3-5-15(24)25)14(17,8-18)13(22)23/h9-11,24-25H,3-8,16-17H2,1-2H3,(H,20,21)(H,22,23)/t10-,11?,14-/m0/s1. The fourth-order valence-corrected chi connectivity index (χ4v) is 5.12. The van der Waals surface area contributed by atoms with Crippen molar-refractivity contribution in [1.82, 2.24) is 8.61 Å². The minimum atomic E-state index is -4.23. The van der Waals surface area contributed by atoms with Crippen molar-refractivity contribution >= 4 is 29.3 Å². The lowest BCUT2D eigenvalue weighted by Crippen LogP contribution is -2.56. The maximum absolute atomic E-state index is 13.0. The molecule has 1 unspecified atom stereocenters. The third kappa shape index (κ3) is 5.62. The van der Waals surface area contributed by atoms with Crippen molar-refractivity contribution in [2.45, 2.75) is 50.6 Å². The molecule has 0 aromatic carbocycles. The van der Waals surface area contributed by atoms with Gasteiger partial charge < -0.3 is 31.7 Å². The van der Waals surface area contributed by atoms with Gasteiger partial charge in [0.1, 0.15) is 11.6 Å². The fourth-order valence-electron chi connectivity index (χ4n) is 3.20. The second kappa shape index (κ2) is 9.48. The van der Waals surface area contributed by atoms with E-state index in [2.05, 4.69) is 0 Å². The maximum Gasteiger partial charge on any atom is 0.451 e. The van der Waals surface area contributed by atoms with E-state index in [-0.39, 0.29) is 25.7 Å². The number of carboxylic acids is 2. The molecule has 1 saturated heterocycles. The molecule has 0 aromatic heterocycles. The van der Waals surface area contributed by atoms with Crippen molar-refractivity contribution in [2.24, 2.45) is 17.4 Å². The molecule has 0 aromatic rings. The molecule has 162 valence electrons. The Morgan fingerprint density at radius 2 is 1.89 bits per heavy atom. The molecule has 1 fully saturated rings. The molecule has 0 saturated carbocycles. The molecule has 1 heterocycles. The third-order valence-corrected chi connectivity index (χ3v) is 6.99. The molecule has 3 atom stereocenters. The largest absolute Gasteiger partial charge is 0.480 e. The maximum atomic E-state index is 13.0. The van der Waals surface area contributed by atoms with Crippen LogP contribution in [0, 0.1) is 5.92 Å². The number of aliphatic carboxylic acids is 2. The topological polar surface area (TPSA) is 208 Å². The first-order valence-electron chi connectivity index (χ1n) is 8.87. The van der Waals surface area contributed by atoms with Crippen molar-refractivity contribution in [3.05, 3.63) is 0 Å². The minimum absolute atomic E-state index is 0.00450. The van der Waals surface area contributed by atoms with Gasteiger partial charge >= 0.3 is 19.1 Å². The van der Waals surface area contributed by atoms with Gasteiger partial charge in [-0.25, -0.2) is 0 Å². The zero-order valence-corrected chi connectivity index (χ0v) is 16.7. The van der Waals surface area contributed by atoms with Gasteiger partial charge in [-0.1, -0.05) is 6.42 Å². The Labute approximate surface area is 164 Å². The Kier molecular flexibility index (Phi) is 8.38. The predicted molar refractivity (Wildman–Crippen MR) is 100 cm³/mol. The number of hydrogen-bond acceptors (Lipinski definition) is 8. The molecule has 0 amide bonds. The Morgan fingerprint density at radius 1 is 1.32 bits per heavy atom. The number of hydrogen-bond donors (Lipinski definition) is 6. The molecule has 14 heteroatoms. The van der Waals surface area contributed by atoms with Gasteiger partial charge in [-0.3, -0.25) is 9.59 Å². The molecule has 12 nitrogen and oxygen atoms in total. The molecular formula is C14H29BN4O8S. The number of carbonyl (C=O) groups is 2. The summed E-state index contributed by atoms with van der Waals surface area (Å²) in [5.41, 5.74) is 9.65. The van der Waals surface area contributed by atoms with Crippen LogP contribution in [0.3, 0.4) is 0 Å². The number of carboxylic acid groups (broad SMARTS) is 2. The average molecular weight is 424 g/mol. The van der Waals surface area contributed by atoms with Crippen molar-refractivity contribution in [2.75, 3.05) is 19.6 Å². The molecule has 0 spiro atoms. The second-order valence-corrected chi connectivity index (χ2v) is 9.24. The monoisotopic (exact) mass is 424 g/mol. The molecular weight excluding hydrogens is 395 g/mol. The van der Waals surface area contributed by atoms with E-state index in [9.17, 15) is 23.1 Å². The lowest BCUT2D eigenvalue weighted by atomic mass is 9.78. The van der Waals surface area contributed by atoms with E-state index >= 15 is 0 Å². The van der Waals surface area contributed by atoms with Crippen LogP contribution in [0.5, 0.6) is 0 Å². The van der Waals surface area contributed by atoms with Gasteiger partial charge in [-0.2, -0.15) is 17.0 Å². The zero-order valence-electron chi connectivity index (χ0n) is 15.9. The Hall–Kier alpha value is -1.29. The summed E-state index contributed by atoms with van der Waals surface area (Å²) in [5, 5.41) is 36.4. The van der Waals surface area contributed by atoms with Gasteiger partial charge in [-0.05, 0) is 26.6 Å². The molecule has 0 bridgehead atoms. The van der Waals surface area contributed by atoms with Gasteiger partial charge in [-0.15, -0.1) is 0 Å². The summed E-state index contributed by atoms with van der Waals surface area (Å²) in [6.07, 6.45) is 0.438. The van der Waals surface area contributed by atoms with Crippen LogP contribution in [0.4, 0.5) is 0 Å². The SMILES string of the molecule is CC(C)N(CC(N)C(=O)O)S(=O)(=O)N1C[C@H](CCCB(O)O)[C@](N)(C(=O)O)C1. The first-order chi connectivity index (χ1) is 12.7. The second-order valence-electron chi connectivity index (χ2n) is 7.36. The number of nitrogens with zero attached hydrogens (tertiary/aromatic N) is 2. The third-order valence-electron chi connectivity index (χ3n) is 4.90. The zero-order chi connectivity index (χ0) is 21.9. The van der Waals surface area contributed by atoms with Crippen molar-refractivity contribution in [1.29, 1.82) is 0 Å². The van der Waals surface area contributed by atoms with E-state index in [4.69, 9.17) is 26.6 Å². The Bertz CT molecular complexity index is 676. The van der Waals surface area contributed by atoms with E-state index in [1.807, 2.05) is 0 Å². The normalized spacial score (nSPS) is 24.6. The number of rotatable bonds is 11. The molecule has 28 heavy (non-hydrogen) atoms. The Balaban J connectivity index is 3.08. The van der Waals surface area contributed by atoms with Crippen molar-refractivity contribution in [3.8, 4) is 0 Å². The molecule has 1 aliphatic rings. The highest BCUT2D eigenvalue weighted by molar-refractivity contribution is 7.86. The predicted octanol–water partition coefficient (Wildman–Crippen LogP) is -2.68. The molecule has 8 N–H and O–H groups in total.